The van der Waals surface area contributed by atoms with E-state index < -0.39 is 13.0 Å². The highest BCUT2D eigenvalue weighted by atomic mass is 127. The van der Waals surface area contributed by atoms with E-state index in [9.17, 15) is 13.6 Å². The number of halogens is 3. The average Bonchev–Trinajstić information content (AvgIpc) is 3.30. The zero-order valence-corrected chi connectivity index (χ0v) is 20.1. The van der Waals surface area contributed by atoms with Crippen LogP contribution in [0.15, 0.2) is 29.3 Å². The van der Waals surface area contributed by atoms with Crippen LogP contribution in [0.2, 0.25) is 0 Å². The molecule has 0 saturated carbocycles. The molecule has 174 valence electrons. The van der Waals surface area contributed by atoms with Crippen LogP contribution in [0.1, 0.15) is 25.3 Å². The first-order valence-electron chi connectivity index (χ1n) is 10.5. The summed E-state index contributed by atoms with van der Waals surface area (Å²) in [7, 11) is 0. The number of guanidine groups is 1. The van der Waals surface area contributed by atoms with E-state index in [2.05, 4.69) is 10.2 Å². The van der Waals surface area contributed by atoms with E-state index in [1.807, 2.05) is 17.9 Å². The summed E-state index contributed by atoms with van der Waals surface area (Å²) in [5, 5.41) is 3.29. The molecular weight excluding hydrogens is 521 g/mol. The summed E-state index contributed by atoms with van der Waals surface area (Å²) in [5.74, 6) is 1.28. The molecule has 10 heteroatoms. The van der Waals surface area contributed by atoms with Crippen molar-refractivity contribution < 1.29 is 23.0 Å². The van der Waals surface area contributed by atoms with Gasteiger partial charge in [-0.1, -0.05) is 12.1 Å². The monoisotopic (exact) mass is 552 g/mol. The fraction of sp³-hybridized carbons (Fsp3) is 0.619. The highest BCUT2D eigenvalue weighted by molar-refractivity contribution is 14.0. The van der Waals surface area contributed by atoms with Crippen LogP contribution in [0, 0.1) is 0 Å². The summed E-state index contributed by atoms with van der Waals surface area (Å²) >= 11 is 0. The maximum atomic E-state index is 12.5. The first kappa shape index (κ1) is 25.6. The number of carbonyl (C=O) groups excluding carboxylic acids is 1. The molecule has 2 heterocycles. The zero-order chi connectivity index (χ0) is 21.3. The second kappa shape index (κ2) is 13.0. The normalized spacial score (nSPS) is 19.4. The minimum Gasteiger partial charge on any atom is -0.488 e. The van der Waals surface area contributed by atoms with Crippen molar-refractivity contribution in [3.8, 4) is 5.75 Å². The lowest BCUT2D eigenvalue weighted by molar-refractivity contribution is -0.142. The Bertz CT molecular complexity index is 724. The van der Waals surface area contributed by atoms with Gasteiger partial charge in [-0.3, -0.25) is 4.79 Å². The molecule has 1 atom stereocenters. The van der Waals surface area contributed by atoms with Gasteiger partial charge in [0.15, 0.2) is 5.96 Å². The van der Waals surface area contributed by atoms with Gasteiger partial charge in [0.2, 0.25) is 0 Å². The fourth-order valence-corrected chi connectivity index (χ4v) is 3.60. The first-order chi connectivity index (χ1) is 14.6. The van der Waals surface area contributed by atoms with E-state index in [4.69, 9.17) is 14.5 Å². The lowest BCUT2D eigenvalue weighted by Gasteiger charge is -2.37. The predicted octanol–water partition coefficient (Wildman–Crippen LogP) is 2.74. The number of carbonyl (C=O) groups is 1. The Labute approximate surface area is 199 Å². The van der Waals surface area contributed by atoms with Crippen molar-refractivity contribution in [2.24, 2.45) is 4.99 Å². The van der Waals surface area contributed by atoms with Crippen LogP contribution in [0.5, 0.6) is 5.75 Å². The number of hydrogen-bond acceptors (Lipinski definition) is 4. The molecule has 0 aliphatic carbocycles. The van der Waals surface area contributed by atoms with Crippen LogP contribution >= 0.6 is 24.0 Å². The van der Waals surface area contributed by atoms with Gasteiger partial charge in [0.25, 0.3) is 12.3 Å². The highest BCUT2D eigenvalue weighted by Gasteiger charge is 2.30. The van der Waals surface area contributed by atoms with E-state index >= 15 is 0 Å². The molecule has 1 N–H and O–H groups in total. The Morgan fingerprint density at radius 1 is 1.29 bits per heavy atom. The third kappa shape index (κ3) is 7.74. The number of nitrogens with zero attached hydrogens (tertiary/aromatic N) is 3. The van der Waals surface area contributed by atoms with Crippen molar-refractivity contribution >= 4 is 35.8 Å². The molecule has 0 aromatic heterocycles. The first-order valence-corrected chi connectivity index (χ1v) is 10.5. The van der Waals surface area contributed by atoms with Gasteiger partial charge in [0, 0.05) is 39.3 Å². The van der Waals surface area contributed by atoms with Gasteiger partial charge >= 0.3 is 0 Å². The summed E-state index contributed by atoms with van der Waals surface area (Å²) in [6, 6.07) is 7.05. The number of benzene rings is 1. The molecule has 2 aliphatic rings. The van der Waals surface area contributed by atoms with Gasteiger partial charge in [0.1, 0.15) is 18.5 Å². The van der Waals surface area contributed by atoms with Gasteiger partial charge in [-0.05, 0) is 37.5 Å². The molecular formula is C21H31F2IN4O3. The third-order valence-electron chi connectivity index (χ3n) is 5.12. The molecule has 31 heavy (non-hydrogen) atoms. The van der Waals surface area contributed by atoms with Crippen LogP contribution in [0.3, 0.4) is 0 Å². The Morgan fingerprint density at radius 3 is 2.68 bits per heavy atom. The summed E-state index contributed by atoms with van der Waals surface area (Å²) in [4.78, 5) is 21.2. The van der Waals surface area contributed by atoms with Crippen molar-refractivity contribution in [3.63, 3.8) is 0 Å². The number of ether oxygens (including phenoxy) is 2. The van der Waals surface area contributed by atoms with E-state index in [0.29, 0.717) is 45.1 Å². The Balaban J connectivity index is 0.00000341. The minimum atomic E-state index is -2.50. The molecule has 3 rings (SSSR count). The highest BCUT2D eigenvalue weighted by Crippen LogP contribution is 2.17. The van der Waals surface area contributed by atoms with Crippen LogP contribution in [0.4, 0.5) is 8.78 Å². The van der Waals surface area contributed by atoms with E-state index in [-0.39, 0.29) is 36.0 Å². The van der Waals surface area contributed by atoms with Crippen LogP contribution in [-0.2, 0) is 16.1 Å². The molecule has 7 nitrogen and oxygen atoms in total. The second-order valence-corrected chi connectivity index (χ2v) is 7.33. The Morgan fingerprint density at radius 2 is 2.03 bits per heavy atom. The van der Waals surface area contributed by atoms with Crippen molar-refractivity contribution in [2.45, 2.75) is 38.8 Å². The van der Waals surface area contributed by atoms with Gasteiger partial charge in [-0.25, -0.2) is 13.8 Å². The molecule has 1 aromatic carbocycles. The predicted molar refractivity (Wildman–Crippen MR) is 125 cm³/mol. The maximum Gasteiger partial charge on any atom is 0.272 e. The fourth-order valence-electron chi connectivity index (χ4n) is 3.60. The van der Waals surface area contributed by atoms with Crippen LogP contribution in [0.25, 0.3) is 0 Å². The van der Waals surface area contributed by atoms with Crippen molar-refractivity contribution in [1.29, 1.82) is 0 Å². The molecule has 2 saturated heterocycles. The van der Waals surface area contributed by atoms with Crippen molar-refractivity contribution in [2.75, 3.05) is 45.9 Å². The number of nitrogens with one attached hydrogen (secondary N) is 1. The Kier molecular flexibility index (Phi) is 10.7. The molecule has 1 aromatic rings. The summed E-state index contributed by atoms with van der Waals surface area (Å²) in [5.41, 5.74) is 0.879. The molecule has 2 fully saturated rings. The smallest absolute Gasteiger partial charge is 0.272 e. The standard InChI is InChI=1S/C21H30F2N4O3.HI/c1-2-24-21(25-14-16-5-3-6-17(13-16)30-15-19(22)23)27-10-8-26(9-11-27)20(28)18-7-4-12-29-18;/h3,5-6,13,18-19H,2,4,7-12,14-15H2,1H3,(H,24,25);1H. The molecule has 1 amide bonds. The third-order valence-corrected chi connectivity index (χ3v) is 5.12. The van der Waals surface area contributed by atoms with Gasteiger partial charge < -0.3 is 24.6 Å². The van der Waals surface area contributed by atoms with E-state index in [0.717, 1.165) is 30.9 Å². The van der Waals surface area contributed by atoms with Crippen molar-refractivity contribution in [1.82, 2.24) is 15.1 Å². The SMILES string of the molecule is CCNC(=NCc1cccc(OCC(F)F)c1)N1CCN(C(=O)C2CCCO2)CC1.I. The molecule has 2 aliphatic heterocycles. The largest absolute Gasteiger partial charge is 0.488 e. The number of hydrogen-bond donors (Lipinski definition) is 1. The van der Waals surface area contributed by atoms with Crippen LogP contribution in [-0.4, -0.2) is 80.1 Å². The topological polar surface area (TPSA) is 66.4 Å². The lowest BCUT2D eigenvalue weighted by atomic mass is 10.2. The van der Waals surface area contributed by atoms with Gasteiger partial charge in [-0.15, -0.1) is 24.0 Å². The Hall–Kier alpha value is -1.69. The molecule has 0 bridgehead atoms. The number of rotatable bonds is 7. The molecule has 1 unspecified atom stereocenters. The van der Waals surface area contributed by atoms with E-state index in [1.54, 1.807) is 18.2 Å². The van der Waals surface area contributed by atoms with Gasteiger partial charge in [-0.2, -0.15) is 0 Å². The summed E-state index contributed by atoms with van der Waals surface area (Å²) in [6.07, 6.45) is -1.03. The minimum absolute atomic E-state index is 0. The molecule has 0 radical (unpaired) electrons. The summed E-state index contributed by atoms with van der Waals surface area (Å²) in [6.45, 7) is 5.86. The number of amides is 1. The van der Waals surface area contributed by atoms with Crippen LogP contribution < -0.4 is 10.1 Å². The number of aliphatic imine (C=N–C) groups is 1. The average molecular weight is 552 g/mol. The van der Waals surface area contributed by atoms with Gasteiger partial charge in [0.05, 0.1) is 6.54 Å². The second-order valence-electron chi connectivity index (χ2n) is 7.33. The molecule has 0 spiro atoms. The summed E-state index contributed by atoms with van der Waals surface area (Å²) < 4.78 is 35.3. The number of alkyl halides is 2. The zero-order valence-electron chi connectivity index (χ0n) is 17.8. The lowest BCUT2D eigenvalue weighted by Crippen LogP contribution is -2.55. The van der Waals surface area contributed by atoms with Crippen molar-refractivity contribution in [3.05, 3.63) is 29.8 Å². The number of piperazine rings is 1. The van der Waals surface area contributed by atoms with E-state index in [1.165, 1.54) is 0 Å². The quantitative estimate of drug-likeness (QED) is 0.320. The maximum absolute atomic E-state index is 12.5.